The van der Waals surface area contributed by atoms with E-state index >= 15 is 0 Å². The average Bonchev–Trinajstić information content (AvgIpc) is 3.01. The van der Waals surface area contributed by atoms with Gasteiger partial charge in [-0.05, 0) is 54.6 Å². The highest BCUT2D eigenvalue weighted by atomic mass is 35.5. The number of hydrogen-bond acceptors (Lipinski definition) is 7. The number of esters is 1. The number of halogens is 1. The van der Waals surface area contributed by atoms with Crippen molar-refractivity contribution in [3.63, 3.8) is 0 Å². The van der Waals surface area contributed by atoms with Gasteiger partial charge in [0.15, 0.2) is 0 Å². The number of hydrogen-bond donors (Lipinski definition) is 1. The summed E-state index contributed by atoms with van der Waals surface area (Å²) in [6.07, 6.45) is 3.73. The molecule has 0 bridgehead atoms. The summed E-state index contributed by atoms with van der Waals surface area (Å²) in [6.45, 7) is 1.64. The maximum absolute atomic E-state index is 12.5. The fraction of sp³-hybridized carbons (Fsp3) is 0.190. The van der Waals surface area contributed by atoms with E-state index in [1.807, 2.05) is 6.92 Å². The highest BCUT2D eigenvalue weighted by molar-refractivity contribution is 8.18. The molecular weight excluding hydrogens is 442 g/mol. The molecule has 0 unspecified atom stereocenters. The summed E-state index contributed by atoms with van der Waals surface area (Å²) in [4.78, 5) is 54.4. The van der Waals surface area contributed by atoms with Crippen LogP contribution >= 0.6 is 23.4 Å². The molecule has 31 heavy (non-hydrogen) atoms. The van der Waals surface area contributed by atoms with Gasteiger partial charge < -0.3 is 10.1 Å². The summed E-state index contributed by atoms with van der Waals surface area (Å²) >= 11 is 6.78. The van der Waals surface area contributed by atoms with E-state index in [-0.39, 0.29) is 27.8 Å². The van der Waals surface area contributed by atoms with E-state index in [1.54, 1.807) is 24.4 Å². The molecule has 10 heteroatoms. The molecular formula is C21H18ClN3O5S. The number of anilines is 1. The molecule has 0 spiro atoms. The number of imide groups is 1. The van der Waals surface area contributed by atoms with Crippen molar-refractivity contribution in [2.45, 2.75) is 13.3 Å². The smallest absolute Gasteiger partial charge is 0.339 e. The normalized spacial score (nSPS) is 14.8. The molecule has 0 aliphatic carbocycles. The van der Waals surface area contributed by atoms with Gasteiger partial charge in [-0.15, -0.1) is 0 Å². The Bertz CT molecular complexity index is 1060. The van der Waals surface area contributed by atoms with Crippen LogP contribution in [0.2, 0.25) is 5.02 Å². The van der Waals surface area contributed by atoms with Gasteiger partial charge in [0, 0.05) is 11.9 Å². The van der Waals surface area contributed by atoms with Gasteiger partial charge in [0.05, 0.1) is 27.8 Å². The zero-order valence-electron chi connectivity index (χ0n) is 16.5. The lowest BCUT2D eigenvalue weighted by molar-refractivity contribution is -0.127. The third kappa shape index (κ3) is 5.71. The number of aromatic nitrogens is 1. The molecule has 0 saturated carbocycles. The lowest BCUT2D eigenvalue weighted by Gasteiger charge is -2.13. The quantitative estimate of drug-likeness (QED) is 0.493. The number of ether oxygens (including phenoxy) is 1. The first-order chi connectivity index (χ1) is 14.9. The minimum atomic E-state index is -0.603. The minimum absolute atomic E-state index is 0.109. The third-order valence-electron chi connectivity index (χ3n) is 4.05. The Hall–Kier alpha value is -3.17. The summed E-state index contributed by atoms with van der Waals surface area (Å²) < 4.78 is 5.07. The lowest BCUT2D eigenvalue weighted by atomic mass is 10.2. The van der Waals surface area contributed by atoms with Gasteiger partial charge in [0.2, 0.25) is 5.91 Å². The molecule has 1 aromatic heterocycles. The van der Waals surface area contributed by atoms with E-state index in [0.717, 1.165) is 16.7 Å². The Morgan fingerprint density at radius 1 is 1.26 bits per heavy atom. The van der Waals surface area contributed by atoms with Gasteiger partial charge in [-0.25, -0.2) is 4.79 Å². The molecule has 1 saturated heterocycles. The maximum atomic E-state index is 12.5. The molecule has 160 valence electrons. The Morgan fingerprint density at radius 3 is 2.77 bits per heavy atom. The SMILES string of the molecule is CCCOC(=O)c1cc(NC(=O)CN2C(=O)S/C(=C\c3ccccn3)C2=O)ccc1Cl. The summed E-state index contributed by atoms with van der Waals surface area (Å²) in [5.74, 6) is -1.78. The van der Waals surface area contributed by atoms with Crippen LogP contribution in [0.15, 0.2) is 47.5 Å². The predicted molar refractivity (Wildman–Crippen MR) is 118 cm³/mol. The van der Waals surface area contributed by atoms with Gasteiger partial charge in [0.25, 0.3) is 11.1 Å². The van der Waals surface area contributed by atoms with E-state index in [2.05, 4.69) is 10.3 Å². The van der Waals surface area contributed by atoms with Gasteiger partial charge in [-0.2, -0.15) is 0 Å². The first kappa shape index (κ1) is 22.5. The molecule has 3 amide bonds. The van der Waals surface area contributed by atoms with Crippen molar-refractivity contribution in [1.82, 2.24) is 9.88 Å². The van der Waals surface area contributed by atoms with Crippen molar-refractivity contribution in [1.29, 1.82) is 0 Å². The summed E-state index contributed by atoms with van der Waals surface area (Å²) in [7, 11) is 0. The zero-order valence-corrected chi connectivity index (χ0v) is 18.0. The van der Waals surface area contributed by atoms with E-state index < -0.39 is 29.6 Å². The van der Waals surface area contributed by atoms with Crippen LogP contribution in [0.25, 0.3) is 6.08 Å². The van der Waals surface area contributed by atoms with Crippen molar-refractivity contribution in [2.75, 3.05) is 18.5 Å². The molecule has 3 rings (SSSR count). The van der Waals surface area contributed by atoms with Gasteiger partial charge in [-0.1, -0.05) is 24.6 Å². The van der Waals surface area contributed by atoms with Crippen LogP contribution < -0.4 is 5.32 Å². The van der Waals surface area contributed by atoms with Gasteiger partial charge in [-0.3, -0.25) is 24.3 Å². The molecule has 1 aliphatic rings. The first-order valence-electron chi connectivity index (χ1n) is 9.32. The molecule has 1 N–H and O–H groups in total. The lowest BCUT2D eigenvalue weighted by Crippen LogP contribution is -2.36. The minimum Gasteiger partial charge on any atom is -0.462 e. The highest BCUT2D eigenvalue weighted by Crippen LogP contribution is 2.31. The predicted octanol–water partition coefficient (Wildman–Crippen LogP) is 3.98. The summed E-state index contributed by atoms with van der Waals surface area (Å²) in [5, 5.41) is 2.19. The van der Waals surface area contributed by atoms with Crippen LogP contribution in [0.4, 0.5) is 10.5 Å². The number of rotatable bonds is 7. The molecule has 8 nitrogen and oxygen atoms in total. The van der Waals surface area contributed by atoms with E-state index in [4.69, 9.17) is 16.3 Å². The van der Waals surface area contributed by atoms with Crippen molar-refractivity contribution >= 4 is 58.1 Å². The van der Waals surface area contributed by atoms with Crippen LogP contribution in [-0.4, -0.2) is 46.1 Å². The van der Waals surface area contributed by atoms with Crippen molar-refractivity contribution in [3.05, 3.63) is 63.8 Å². The molecule has 2 heterocycles. The van der Waals surface area contributed by atoms with E-state index in [9.17, 15) is 19.2 Å². The van der Waals surface area contributed by atoms with Crippen molar-refractivity contribution in [2.24, 2.45) is 0 Å². The summed E-state index contributed by atoms with van der Waals surface area (Å²) in [5.41, 5.74) is 0.923. The van der Waals surface area contributed by atoms with E-state index in [0.29, 0.717) is 12.1 Å². The van der Waals surface area contributed by atoms with Gasteiger partial charge >= 0.3 is 5.97 Å². The van der Waals surface area contributed by atoms with Crippen LogP contribution in [0.5, 0.6) is 0 Å². The second-order valence-electron chi connectivity index (χ2n) is 6.40. The first-order valence-corrected chi connectivity index (χ1v) is 10.5. The van der Waals surface area contributed by atoms with E-state index in [1.165, 1.54) is 24.3 Å². The fourth-order valence-electron chi connectivity index (χ4n) is 2.61. The standard InChI is InChI=1S/C21H18ClN3O5S/c1-2-9-30-20(28)15-10-14(6-7-16(15)22)24-18(26)12-25-19(27)17(31-21(25)29)11-13-5-3-4-8-23-13/h3-8,10-11H,2,9,12H2,1H3,(H,24,26)/b17-11-. The molecule has 0 atom stereocenters. The number of carbonyl (C=O) groups excluding carboxylic acids is 4. The number of nitrogens with one attached hydrogen (secondary N) is 1. The van der Waals surface area contributed by atoms with Crippen molar-refractivity contribution < 1.29 is 23.9 Å². The number of pyridine rings is 1. The van der Waals surface area contributed by atoms with Crippen LogP contribution in [-0.2, 0) is 14.3 Å². The Labute approximate surface area is 187 Å². The molecule has 1 fully saturated rings. The number of carbonyl (C=O) groups is 4. The molecule has 1 aliphatic heterocycles. The molecule has 1 aromatic carbocycles. The molecule has 2 aromatic rings. The van der Waals surface area contributed by atoms with Crippen LogP contribution in [0.1, 0.15) is 29.4 Å². The number of thioether (sulfide) groups is 1. The maximum Gasteiger partial charge on any atom is 0.339 e. The van der Waals surface area contributed by atoms with Crippen molar-refractivity contribution in [3.8, 4) is 0 Å². The van der Waals surface area contributed by atoms with Crippen LogP contribution in [0.3, 0.4) is 0 Å². The topological polar surface area (TPSA) is 106 Å². The monoisotopic (exact) mass is 459 g/mol. The van der Waals surface area contributed by atoms with Crippen LogP contribution in [0, 0.1) is 0 Å². The zero-order chi connectivity index (χ0) is 22.4. The highest BCUT2D eigenvalue weighted by Gasteiger charge is 2.36. The number of benzene rings is 1. The second-order valence-corrected chi connectivity index (χ2v) is 7.80. The largest absolute Gasteiger partial charge is 0.462 e. The third-order valence-corrected chi connectivity index (χ3v) is 5.29. The Balaban J connectivity index is 1.67. The number of amides is 3. The second kappa shape index (κ2) is 10.2. The Kier molecular flexibility index (Phi) is 7.43. The summed E-state index contributed by atoms with van der Waals surface area (Å²) in [6, 6.07) is 9.53. The Morgan fingerprint density at radius 2 is 2.06 bits per heavy atom. The van der Waals surface area contributed by atoms with Gasteiger partial charge in [0.1, 0.15) is 6.54 Å². The fourth-order valence-corrected chi connectivity index (χ4v) is 3.63. The number of nitrogens with zero attached hydrogens (tertiary/aromatic N) is 2. The average molecular weight is 460 g/mol. The molecule has 0 radical (unpaired) electrons.